The molecule has 2 aliphatic heterocycles. The molecule has 2 bridgehead atoms. The number of carbonyl (C=O) groups excluding carboxylic acids is 2. The van der Waals surface area contributed by atoms with Gasteiger partial charge in [0.05, 0.1) is 34.6 Å². The molecule has 41 heavy (non-hydrogen) atoms. The number of fused-ring (bicyclic) bond motifs is 4. The molecule has 5 rings (SSSR count). The number of nitriles is 2. The molecule has 3 heterocycles. The minimum Gasteiger partial charge on any atom is -0.330 e. The highest BCUT2D eigenvalue weighted by atomic mass is 19.2. The number of amides is 2. The number of hydrogen-bond donors (Lipinski definition) is 1. The Balaban J connectivity index is 1.56. The van der Waals surface area contributed by atoms with Crippen molar-refractivity contribution in [3.05, 3.63) is 88.5 Å². The standard InChI is InChI=1S/C31H24F3N5O2/c1-17-3-2-4-27(26-11-18(7-9-37-26)22-13-23(32)24(33)14-25(22)38-31(17)41)39-10-8-19(12-28(39)40)29-20(15-35)5-6-21(16-36)30(29)34/h5-7,9,11-14,17,27H,2-4,8,10H2,1H3,(H,38,41)/t17-,27+/m1/s1. The first-order valence-electron chi connectivity index (χ1n) is 13.1. The molecular weight excluding hydrogens is 531 g/mol. The average molecular weight is 556 g/mol. The Morgan fingerprint density at radius 1 is 1.00 bits per heavy atom. The zero-order valence-electron chi connectivity index (χ0n) is 22.0. The van der Waals surface area contributed by atoms with Crippen LogP contribution in [0.25, 0.3) is 16.7 Å². The number of pyridine rings is 1. The van der Waals surface area contributed by atoms with Gasteiger partial charge in [0.25, 0.3) is 0 Å². The Morgan fingerprint density at radius 3 is 2.46 bits per heavy atom. The SMILES string of the molecule is C[C@@H]1CCC[C@H](N2CCC(c3c(C#N)ccc(C#N)c3F)=CC2=O)c2cc(ccn2)-c2cc(F)c(F)cc2NC1=O. The molecule has 0 spiro atoms. The van der Waals surface area contributed by atoms with Crippen molar-refractivity contribution in [1.82, 2.24) is 9.88 Å². The molecule has 2 aliphatic rings. The number of rotatable bonds is 2. The molecule has 1 aromatic heterocycles. The molecule has 7 nitrogen and oxygen atoms in total. The van der Waals surface area contributed by atoms with Crippen LogP contribution in [-0.4, -0.2) is 28.2 Å². The fourth-order valence-corrected chi connectivity index (χ4v) is 5.39. The van der Waals surface area contributed by atoms with E-state index < -0.39 is 35.3 Å². The van der Waals surface area contributed by atoms with Crippen LogP contribution < -0.4 is 5.32 Å². The van der Waals surface area contributed by atoms with Crippen LogP contribution in [-0.2, 0) is 9.59 Å². The van der Waals surface area contributed by atoms with Crippen molar-refractivity contribution in [2.24, 2.45) is 5.92 Å². The molecule has 1 N–H and O–H groups in total. The second kappa shape index (κ2) is 11.3. The second-order valence-corrected chi connectivity index (χ2v) is 10.1. The van der Waals surface area contributed by atoms with Gasteiger partial charge in [-0.05, 0) is 60.7 Å². The Bertz CT molecular complexity index is 1690. The summed E-state index contributed by atoms with van der Waals surface area (Å²) in [5.41, 5.74) is 1.50. The maximum atomic E-state index is 15.1. The number of carbonyl (C=O) groups is 2. The lowest BCUT2D eigenvalue weighted by Gasteiger charge is -2.34. The van der Waals surface area contributed by atoms with Crippen LogP contribution in [0.2, 0.25) is 0 Å². The van der Waals surface area contributed by atoms with Gasteiger partial charge >= 0.3 is 0 Å². The van der Waals surface area contributed by atoms with Gasteiger partial charge in [-0.3, -0.25) is 14.6 Å². The van der Waals surface area contributed by atoms with Crippen LogP contribution in [0.15, 0.2) is 48.7 Å². The topological polar surface area (TPSA) is 110 Å². The van der Waals surface area contributed by atoms with E-state index in [1.165, 1.54) is 24.4 Å². The molecule has 0 saturated heterocycles. The van der Waals surface area contributed by atoms with Crippen LogP contribution >= 0.6 is 0 Å². The van der Waals surface area contributed by atoms with Crippen molar-refractivity contribution < 1.29 is 22.8 Å². The first-order valence-corrected chi connectivity index (χ1v) is 13.1. The minimum absolute atomic E-state index is 0.0315. The van der Waals surface area contributed by atoms with Crippen molar-refractivity contribution in [3.63, 3.8) is 0 Å². The van der Waals surface area contributed by atoms with Crippen molar-refractivity contribution in [2.45, 2.75) is 38.6 Å². The summed E-state index contributed by atoms with van der Waals surface area (Å²) in [7, 11) is 0. The molecule has 0 saturated carbocycles. The molecule has 0 unspecified atom stereocenters. The van der Waals surface area contributed by atoms with Gasteiger partial charge in [-0.2, -0.15) is 10.5 Å². The average Bonchev–Trinajstić information content (AvgIpc) is 2.96. The third-order valence-electron chi connectivity index (χ3n) is 7.60. The van der Waals surface area contributed by atoms with Crippen LogP contribution in [0.4, 0.5) is 18.9 Å². The largest absolute Gasteiger partial charge is 0.330 e. The number of halogens is 3. The van der Waals surface area contributed by atoms with Gasteiger partial charge in [0.15, 0.2) is 11.6 Å². The number of hydrogen-bond acceptors (Lipinski definition) is 5. The summed E-state index contributed by atoms with van der Waals surface area (Å²) in [4.78, 5) is 32.5. The van der Waals surface area contributed by atoms with E-state index in [4.69, 9.17) is 0 Å². The molecule has 206 valence electrons. The molecule has 0 aliphatic carbocycles. The smallest absolute Gasteiger partial charge is 0.247 e. The number of aromatic nitrogens is 1. The van der Waals surface area contributed by atoms with Crippen LogP contribution in [0.3, 0.4) is 0 Å². The highest BCUT2D eigenvalue weighted by molar-refractivity contribution is 5.98. The molecule has 0 fully saturated rings. The van der Waals surface area contributed by atoms with E-state index in [1.807, 2.05) is 6.07 Å². The third kappa shape index (κ3) is 5.29. The van der Waals surface area contributed by atoms with Gasteiger partial charge in [0.1, 0.15) is 11.9 Å². The minimum atomic E-state index is -1.09. The monoisotopic (exact) mass is 555 g/mol. The molecule has 2 aromatic carbocycles. The van der Waals surface area contributed by atoms with Gasteiger partial charge in [0.2, 0.25) is 11.8 Å². The quantitative estimate of drug-likeness (QED) is 0.416. The van der Waals surface area contributed by atoms with Crippen molar-refractivity contribution >= 4 is 23.1 Å². The zero-order valence-corrected chi connectivity index (χ0v) is 22.0. The van der Waals surface area contributed by atoms with Gasteiger partial charge in [-0.25, -0.2) is 13.2 Å². The highest BCUT2D eigenvalue weighted by Crippen LogP contribution is 2.37. The fraction of sp³-hybridized carbons (Fsp3) is 0.258. The molecule has 0 radical (unpaired) electrons. The Hall–Kier alpha value is -4.96. The molecule has 2 amide bonds. The zero-order chi connectivity index (χ0) is 29.3. The van der Waals surface area contributed by atoms with E-state index in [0.29, 0.717) is 36.1 Å². The second-order valence-electron chi connectivity index (χ2n) is 10.1. The van der Waals surface area contributed by atoms with Gasteiger partial charge in [-0.15, -0.1) is 0 Å². The van der Waals surface area contributed by atoms with Gasteiger partial charge in [-0.1, -0.05) is 13.3 Å². The van der Waals surface area contributed by atoms with E-state index in [9.17, 15) is 28.9 Å². The summed E-state index contributed by atoms with van der Waals surface area (Å²) in [6, 6.07) is 11.1. The number of anilines is 1. The van der Waals surface area contributed by atoms with E-state index in [0.717, 1.165) is 12.1 Å². The Labute approximate surface area is 234 Å². The lowest BCUT2D eigenvalue weighted by molar-refractivity contribution is -0.129. The first-order chi connectivity index (χ1) is 19.7. The summed E-state index contributed by atoms with van der Waals surface area (Å²) in [5, 5.41) is 21.5. The van der Waals surface area contributed by atoms with Gasteiger partial charge in [0, 0.05) is 41.9 Å². The van der Waals surface area contributed by atoms with E-state index in [2.05, 4.69) is 10.3 Å². The van der Waals surface area contributed by atoms with Gasteiger partial charge < -0.3 is 10.2 Å². The number of nitrogens with one attached hydrogen (secondary N) is 1. The van der Waals surface area contributed by atoms with Crippen molar-refractivity contribution in [1.29, 1.82) is 10.5 Å². The van der Waals surface area contributed by atoms with E-state index >= 15 is 4.39 Å². The van der Waals surface area contributed by atoms with Crippen LogP contribution in [0.1, 0.15) is 61.0 Å². The first kappa shape index (κ1) is 27.6. The molecular formula is C31H24F3N5O2. The van der Waals surface area contributed by atoms with E-state index in [-0.39, 0.29) is 46.8 Å². The predicted octanol–water partition coefficient (Wildman–Crippen LogP) is 6.02. The maximum absolute atomic E-state index is 15.1. The lowest BCUT2D eigenvalue weighted by atomic mass is 9.90. The van der Waals surface area contributed by atoms with Crippen molar-refractivity contribution in [2.75, 3.05) is 11.9 Å². The molecule has 2 atom stereocenters. The Kier molecular flexibility index (Phi) is 7.58. The number of benzene rings is 2. The summed E-state index contributed by atoms with van der Waals surface area (Å²) < 4.78 is 43.5. The molecule has 3 aromatic rings. The molecule has 10 heteroatoms. The Morgan fingerprint density at radius 2 is 1.73 bits per heavy atom. The number of nitrogens with zero attached hydrogens (tertiary/aromatic N) is 4. The summed E-state index contributed by atoms with van der Waals surface area (Å²) >= 11 is 0. The summed E-state index contributed by atoms with van der Waals surface area (Å²) in [6.07, 6.45) is 4.53. The van der Waals surface area contributed by atoms with E-state index in [1.54, 1.807) is 30.0 Å². The third-order valence-corrected chi connectivity index (χ3v) is 7.60. The lowest BCUT2D eigenvalue weighted by Crippen LogP contribution is -2.38. The summed E-state index contributed by atoms with van der Waals surface area (Å²) in [5.74, 6) is -4.18. The predicted molar refractivity (Wildman–Crippen MR) is 144 cm³/mol. The van der Waals surface area contributed by atoms with Crippen molar-refractivity contribution in [3.8, 4) is 23.3 Å². The maximum Gasteiger partial charge on any atom is 0.247 e. The normalized spacial score (nSPS) is 19.1. The van der Waals surface area contributed by atoms with Crippen LogP contribution in [0.5, 0.6) is 0 Å². The fourth-order valence-electron chi connectivity index (χ4n) is 5.39. The summed E-state index contributed by atoms with van der Waals surface area (Å²) in [6.45, 7) is 1.93. The highest BCUT2D eigenvalue weighted by Gasteiger charge is 2.31. The van der Waals surface area contributed by atoms with Crippen LogP contribution in [0, 0.1) is 46.0 Å².